The zero-order chi connectivity index (χ0) is 19.0. The average Bonchev–Trinajstić information content (AvgIpc) is 2.65. The van der Waals surface area contributed by atoms with E-state index in [0.717, 1.165) is 31.2 Å². The molecule has 4 rings (SSSR count). The molecule has 0 spiro atoms. The molecule has 2 aromatic rings. The second-order valence-electron chi connectivity index (χ2n) is 7.59. The average molecular weight is 403 g/mol. The third-order valence-corrected chi connectivity index (χ3v) is 6.72. The molecule has 2 atom stereocenters. The molecule has 27 heavy (non-hydrogen) atoms. The number of halogens is 2. The predicted octanol–water partition coefficient (Wildman–Crippen LogP) is 5.46. The van der Waals surface area contributed by atoms with Crippen LogP contribution in [0.4, 0.5) is 0 Å². The molecule has 0 bridgehead atoms. The summed E-state index contributed by atoms with van der Waals surface area (Å²) in [7, 11) is 1.98. The van der Waals surface area contributed by atoms with E-state index in [9.17, 15) is 4.79 Å². The summed E-state index contributed by atoms with van der Waals surface area (Å²) in [5.41, 5.74) is 4.39. The van der Waals surface area contributed by atoms with Gasteiger partial charge in [0.1, 0.15) is 0 Å². The maximum atomic E-state index is 12.6. The number of carbonyl (C=O) groups excluding carboxylic acids is 1. The fourth-order valence-electron chi connectivity index (χ4n) is 4.18. The van der Waals surface area contributed by atoms with E-state index in [-0.39, 0.29) is 17.9 Å². The highest BCUT2D eigenvalue weighted by Gasteiger charge is 2.29. The van der Waals surface area contributed by atoms with E-state index in [1.807, 2.05) is 25.2 Å². The Labute approximate surface area is 170 Å². The van der Waals surface area contributed by atoms with Crippen molar-refractivity contribution in [1.29, 1.82) is 0 Å². The Hall–Kier alpha value is -1.55. The van der Waals surface area contributed by atoms with Gasteiger partial charge in [0.25, 0.3) is 5.91 Å². The van der Waals surface area contributed by atoms with Gasteiger partial charge in [-0.3, -0.25) is 4.79 Å². The van der Waals surface area contributed by atoms with Gasteiger partial charge in [0.2, 0.25) is 0 Å². The lowest BCUT2D eigenvalue weighted by Crippen LogP contribution is -2.39. The molecule has 1 amide bonds. The van der Waals surface area contributed by atoms with Crippen molar-refractivity contribution in [2.75, 3.05) is 7.05 Å². The summed E-state index contributed by atoms with van der Waals surface area (Å²) in [4.78, 5) is 12.6. The Morgan fingerprint density at radius 1 is 0.963 bits per heavy atom. The van der Waals surface area contributed by atoms with Gasteiger partial charge < -0.3 is 10.6 Å². The second-order valence-corrected chi connectivity index (χ2v) is 8.40. The normalized spacial score (nSPS) is 22.0. The third-order valence-electron chi connectivity index (χ3n) is 5.98. The zero-order valence-corrected chi connectivity index (χ0v) is 16.9. The van der Waals surface area contributed by atoms with Crippen LogP contribution in [0.2, 0.25) is 10.0 Å². The lowest BCUT2D eigenvalue weighted by molar-refractivity contribution is 0.0917. The van der Waals surface area contributed by atoms with Crippen molar-refractivity contribution in [3.05, 3.63) is 68.7 Å². The molecule has 142 valence electrons. The molecule has 0 aromatic heterocycles. The fourth-order valence-corrected chi connectivity index (χ4v) is 4.48. The maximum absolute atomic E-state index is 12.6. The van der Waals surface area contributed by atoms with Gasteiger partial charge in [0, 0.05) is 23.6 Å². The molecule has 0 heterocycles. The number of carbonyl (C=O) groups is 1. The van der Waals surface area contributed by atoms with Crippen LogP contribution in [-0.4, -0.2) is 19.0 Å². The number of fused-ring (bicyclic) bond motifs is 1. The van der Waals surface area contributed by atoms with Gasteiger partial charge in [0.05, 0.1) is 10.0 Å². The molecule has 2 aromatic carbocycles. The van der Waals surface area contributed by atoms with Crippen molar-refractivity contribution >= 4 is 29.1 Å². The van der Waals surface area contributed by atoms with Gasteiger partial charge in [-0.15, -0.1) is 0 Å². The van der Waals surface area contributed by atoms with Gasteiger partial charge in [-0.1, -0.05) is 35.3 Å². The van der Waals surface area contributed by atoms with Crippen LogP contribution in [-0.2, 0) is 0 Å². The quantitative estimate of drug-likeness (QED) is 0.712. The van der Waals surface area contributed by atoms with E-state index < -0.39 is 0 Å². The summed E-state index contributed by atoms with van der Waals surface area (Å²) in [5, 5.41) is 7.70. The molecule has 1 saturated carbocycles. The number of hydrogen-bond donors (Lipinski definition) is 2. The van der Waals surface area contributed by atoms with Crippen molar-refractivity contribution < 1.29 is 4.79 Å². The summed E-state index contributed by atoms with van der Waals surface area (Å²) in [5.74, 6) is 0.303. The molecule has 1 fully saturated rings. The van der Waals surface area contributed by atoms with Crippen LogP contribution in [0.15, 0.2) is 36.4 Å². The summed E-state index contributed by atoms with van der Waals surface area (Å²) < 4.78 is 0. The lowest BCUT2D eigenvalue weighted by atomic mass is 9.76. The summed E-state index contributed by atoms with van der Waals surface area (Å²) in [6.45, 7) is 0. The van der Waals surface area contributed by atoms with Gasteiger partial charge in [-0.2, -0.15) is 0 Å². The minimum atomic E-state index is 0.0361. The first-order valence-corrected chi connectivity index (χ1v) is 10.4. The van der Waals surface area contributed by atoms with Crippen LogP contribution in [0.3, 0.4) is 0 Å². The Bertz CT molecular complexity index is 863. The number of hydrogen-bond acceptors (Lipinski definition) is 2. The van der Waals surface area contributed by atoms with Crippen molar-refractivity contribution in [2.45, 2.75) is 50.1 Å². The minimum absolute atomic E-state index is 0.0361. The Morgan fingerprint density at radius 2 is 1.78 bits per heavy atom. The SMILES string of the molecule is CN[C@H]1CC[C@@H](c2ccc(Cl)c(Cl)c2)c2ccc(C(=O)NC3CCC3)cc21. The van der Waals surface area contributed by atoms with Crippen LogP contribution in [0.5, 0.6) is 0 Å². The van der Waals surface area contributed by atoms with Gasteiger partial charge >= 0.3 is 0 Å². The molecule has 3 nitrogen and oxygen atoms in total. The summed E-state index contributed by atoms with van der Waals surface area (Å²) in [6.07, 6.45) is 5.44. The fraction of sp³-hybridized carbons (Fsp3) is 0.409. The Kier molecular flexibility index (Phi) is 5.45. The maximum Gasteiger partial charge on any atom is 0.251 e. The minimum Gasteiger partial charge on any atom is -0.349 e. The van der Waals surface area contributed by atoms with Crippen molar-refractivity contribution in [1.82, 2.24) is 10.6 Å². The van der Waals surface area contributed by atoms with Crippen molar-refractivity contribution in [3.8, 4) is 0 Å². The topological polar surface area (TPSA) is 41.1 Å². The number of amides is 1. The van der Waals surface area contributed by atoms with Crippen LogP contribution in [0.1, 0.15) is 71.1 Å². The molecule has 2 aliphatic carbocycles. The molecule has 0 unspecified atom stereocenters. The molecule has 0 saturated heterocycles. The third kappa shape index (κ3) is 3.73. The first-order valence-electron chi connectivity index (χ1n) is 9.63. The zero-order valence-electron chi connectivity index (χ0n) is 15.4. The summed E-state index contributed by atoms with van der Waals surface area (Å²) >= 11 is 12.3. The number of rotatable bonds is 4. The molecule has 2 aliphatic rings. The molecular weight excluding hydrogens is 379 g/mol. The van der Waals surface area contributed by atoms with E-state index in [4.69, 9.17) is 23.2 Å². The van der Waals surface area contributed by atoms with Crippen molar-refractivity contribution in [3.63, 3.8) is 0 Å². The Morgan fingerprint density at radius 3 is 2.44 bits per heavy atom. The first kappa shape index (κ1) is 18.8. The van der Waals surface area contributed by atoms with Crippen LogP contribution < -0.4 is 10.6 Å². The lowest BCUT2D eigenvalue weighted by Gasteiger charge is -2.32. The van der Waals surface area contributed by atoms with Gasteiger partial charge in [-0.25, -0.2) is 0 Å². The molecule has 0 aliphatic heterocycles. The standard InChI is InChI=1S/C22H24Cl2N2O/c1-25-21-10-8-16(13-6-9-19(23)20(24)12-13)17-7-5-14(11-18(17)21)22(27)26-15-3-2-4-15/h5-7,9,11-12,15-16,21,25H,2-4,8,10H2,1H3,(H,26,27)/t16-,21-/m0/s1. The monoisotopic (exact) mass is 402 g/mol. The highest BCUT2D eigenvalue weighted by Crippen LogP contribution is 2.42. The summed E-state index contributed by atoms with van der Waals surface area (Å²) in [6, 6.07) is 12.6. The second kappa shape index (κ2) is 7.83. The molecule has 5 heteroatoms. The van der Waals surface area contributed by atoms with Crippen molar-refractivity contribution in [2.24, 2.45) is 0 Å². The number of nitrogens with one attached hydrogen (secondary N) is 2. The van der Waals surface area contributed by atoms with E-state index >= 15 is 0 Å². The van der Waals surface area contributed by atoms with Crippen LogP contribution >= 0.6 is 23.2 Å². The molecule has 0 radical (unpaired) electrons. The van der Waals surface area contributed by atoms with E-state index in [2.05, 4.69) is 28.8 Å². The highest BCUT2D eigenvalue weighted by atomic mass is 35.5. The van der Waals surface area contributed by atoms with E-state index in [0.29, 0.717) is 16.1 Å². The smallest absolute Gasteiger partial charge is 0.251 e. The molecule has 2 N–H and O–H groups in total. The van der Waals surface area contributed by atoms with Gasteiger partial charge in [0.15, 0.2) is 0 Å². The predicted molar refractivity (Wildman–Crippen MR) is 111 cm³/mol. The van der Waals surface area contributed by atoms with Crippen LogP contribution in [0, 0.1) is 0 Å². The highest BCUT2D eigenvalue weighted by molar-refractivity contribution is 6.42. The van der Waals surface area contributed by atoms with Gasteiger partial charge in [-0.05, 0) is 80.1 Å². The number of benzene rings is 2. The van der Waals surface area contributed by atoms with E-state index in [1.54, 1.807) is 0 Å². The largest absolute Gasteiger partial charge is 0.349 e. The van der Waals surface area contributed by atoms with E-state index in [1.165, 1.54) is 23.1 Å². The Balaban J connectivity index is 1.67. The van der Waals surface area contributed by atoms with Crippen LogP contribution in [0.25, 0.3) is 0 Å². The molecular formula is C22H24Cl2N2O. The first-order chi connectivity index (χ1) is 13.1.